The van der Waals surface area contributed by atoms with E-state index >= 15 is 0 Å². The first-order chi connectivity index (χ1) is 18.7. The Bertz CT molecular complexity index is 1810. The van der Waals surface area contributed by atoms with Crippen molar-refractivity contribution in [1.29, 1.82) is 0 Å². The highest BCUT2D eigenvalue weighted by atomic mass is 79.9. The standard InChI is InChI=1S/C33H23BBrN3/c34-22-13-17-27-29(19-22)30-20-23(35)14-18-28(30)32-31(27)36-33(37-32)21-11-15-26(16-12-21)38(24-7-3-1-4-8-24)25-9-5-2-6-10-25/h1-20H,34H2,(H,36,37). The van der Waals surface area contributed by atoms with Gasteiger partial charge in [-0.1, -0.05) is 82.1 Å². The zero-order valence-corrected chi connectivity index (χ0v) is 22.4. The first kappa shape index (κ1) is 22.8. The van der Waals surface area contributed by atoms with Gasteiger partial charge >= 0.3 is 0 Å². The molecule has 180 valence electrons. The van der Waals surface area contributed by atoms with Gasteiger partial charge in [0.15, 0.2) is 0 Å². The molecule has 0 radical (unpaired) electrons. The second-order valence-electron chi connectivity index (χ2n) is 9.60. The van der Waals surface area contributed by atoms with E-state index < -0.39 is 0 Å². The molecule has 1 heterocycles. The molecule has 6 aromatic carbocycles. The van der Waals surface area contributed by atoms with Crippen LogP contribution in [0, 0.1) is 0 Å². The Morgan fingerprint density at radius 1 is 0.605 bits per heavy atom. The van der Waals surface area contributed by atoms with E-state index in [-0.39, 0.29) is 0 Å². The maximum Gasteiger partial charge on any atom is 0.139 e. The van der Waals surface area contributed by atoms with Gasteiger partial charge in [-0.05, 0) is 71.4 Å². The molecule has 1 N–H and O–H groups in total. The summed E-state index contributed by atoms with van der Waals surface area (Å²) in [6.07, 6.45) is 0. The quantitative estimate of drug-likeness (QED) is 0.177. The molecule has 38 heavy (non-hydrogen) atoms. The van der Waals surface area contributed by atoms with Crippen LogP contribution >= 0.6 is 15.9 Å². The van der Waals surface area contributed by atoms with Crippen molar-refractivity contribution in [1.82, 2.24) is 9.97 Å². The fraction of sp³-hybridized carbons (Fsp3) is 0. The van der Waals surface area contributed by atoms with Crippen molar-refractivity contribution in [3.05, 3.63) is 126 Å². The Morgan fingerprint density at radius 3 is 1.89 bits per heavy atom. The molecule has 0 aliphatic carbocycles. The third-order valence-electron chi connectivity index (χ3n) is 7.10. The van der Waals surface area contributed by atoms with Crippen LogP contribution in [0.2, 0.25) is 0 Å². The third-order valence-corrected chi connectivity index (χ3v) is 7.60. The number of H-pyrrole nitrogens is 1. The summed E-state index contributed by atoms with van der Waals surface area (Å²) in [5.41, 5.74) is 7.70. The zero-order valence-electron chi connectivity index (χ0n) is 20.8. The van der Waals surface area contributed by atoms with Gasteiger partial charge in [0.25, 0.3) is 0 Å². The van der Waals surface area contributed by atoms with E-state index in [0.29, 0.717) is 0 Å². The summed E-state index contributed by atoms with van der Waals surface area (Å²) in [4.78, 5) is 11.0. The minimum Gasteiger partial charge on any atom is -0.337 e. The van der Waals surface area contributed by atoms with Gasteiger partial charge in [-0.25, -0.2) is 4.98 Å². The number of benzene rings is 6. The molecule has 0 fully saturated rings. The number of para-hydroxylation sites is 2. The summed E-state index contributed by atoms with van der Waals surface area (Å²) in [5.74, 6) is 0.870. The fourth-order valence-corrected chi connectivity index (χ4v) is 5.68. The van der Waals surface area contributed by atoms with E-state index in [1.165, 1.54) is 21.6 Å². The van der Waals surface area contributed by atoms with Crippen LogP contribution in [0.25, 0.3) is 44.0 Å². The first-order valence-corrected chi connectivity index (χ1v) is 13.5. The summed E-state index contributed by atoms with van der Waals surface area (Å²) < 4.78 is 1.07. The number of fused-ring (bicyclic) bond motifs is 6. The summed E-state index contributed by atoms with van der Waals surface area (Å²) in [6, 6.07) is 42.6. The van der Waals surface area contributed by atoms with Gasteiger partial charge in [-0.15, -0.1) is 0 Å². The van der Waals surface area contributed by atoms with E-state index in [1.807, 2.05) is 12.1 Å². The Kier molecular flexibility index (Phi) is 5.52. The molecule has 1 aromatic heterocycles. The number of anilines is 3. The third kappa shape index (κ3) is 3.87. The van der Waals surface area contributed by atoms with Crippen LogP contribution < -0.4 is 10.4 Å². The Morgan fingerprint density at radius 2 is 1.21 bits per heavy atom. The number of aromatic nitrogens is 2. The lowest BCUT2D eigenvalue weighted by molar-refractivity contribution is 1.28. The molecule has 0 spiro atoms. The second-order valence-corrected chi connectivity index (χ2v) is 10.5. The number of rotatable bonds is 4. The van der Waals surface area contributed by atoms with Gasteiger partial charge in [-0.2, -0.15) is 0 Å². The summed E-state index contributed by atoms with van der Waals surface area (Å²) >= 11 is 3.66. The molecule has 0 saturated carbocycles. The molecular formula is C33H23BBrN3. The van der Waals surface area contributed by atoms with Crippen LogP contribution in [-0.2, 0) is 0 Å². The van der Waals surface area contributed by atoms with Crippen molar-refractivity contribution in [3.63, 3.8) is 0 Å². The molecule has 0 amide bonds. The van der Waals surface area contributed by atoms with Crippen molar-refractivity contribution in [2.45, 2.75) is 0 Å². The minimum atomic E-state index is 0.870. The summed E-state index contributed by atoms with van der Waals surface area (Å²) in [5, 5.41) is 4.78. The van der Waals surface area contributed by atoms with Crippen molar-refractivity contribution in [2.75, 3.05) is 4.90 Å². The van der Waals surface area contributed by atoms with E-state index in [0.717, 1.165) is 49.3 Å². The average molecular weight is 552 g/mol. The highest BCUT2D eigenvalue weighted by Crippen LogP contribution is 2.38. The van der Waals surface area contributed by atoms with Crippen LogP contribution in [-0.4, -0.2) is 17.8 Å². The molecule has 7 aromatic rings. The average Bonchev–Trinajstić information content (AvgIpc) is 3.40. The number of hydrogen-bond acceptors (Lipinski definition) is 2. The van der Waals surface area contributed by atoms with E-state index in [1.54, 1.807) is 0 Å². The van der Waals surface area contributed by atoms with Crippen molar-refractivity contribution >= 4 is 78.9 Å². The van der Waals surface area contributed by atoms with Crippen LogP contribution in [0.5, 0.6) is 0 Å². The number of nitrogens with zero attached hydrogens (tertiary/aromatic N) is 2. The topological polar surface area (TPSA) is 31.9 Å². The Labute approximate surface area is 230 Å². The Hall–Kier alpha value is -4.35. The van der Waals surface area contributed by atoms with Gasteiger partial charge in [-0.3, -0.25) is 0 Å². The SMILES string of the molecule is Bc1ccc2c(c1)c1cc(Br)ccc1c1nc(-c3ccc(N(c4ccccc4)c4ccccc4)cc3)[nH]c21. The highest BCUT2D eigenvalue weighted by molar-refractivity contribution is 9.10. The second kappa shape index (κ2) is 9.19. The fourth-order valence-electron chi connectivity index (χ4n) is 5.31. The van der Waals surface area contributed by atoms with E-state index in [4.69, 9.17) is 4.98 Å². The number of imidazole rings is 1. The predicted molar refractivity (Wildman–Crippen MR) is 167 cm³/mol. The number of halogens is 1. The van der Waals surface area contributed by atoms with Gasteiger partial charge in [0.1, 0.15) is 13.7 Å². The maximum absolute atomic E-state index is 5.12. The summed E-state index contributed by atoms with van der Waals surface area (Å²) in [6.45, 7) is 0. The van der Waals surface area contributed by atoms with Gasteiger partial charge < -0.3 is 9.88 Å². The van der Waals surface area contributed by atoms with Crippen LogP contribution in [0.3, 0.4) is 0 Å². The molecule has 0 unspecified atom stereocenters. The van der Waals surface area contributed by atoms with Gasteiger partial charge in [0, 0.05) is 37.9 Å². The molecule has 0 saturated heterocycles. The monoisotopic (exact) mass is 551 g/mol. The molecule has 0 aliphatic heterocycles. The van der Waals surface area contributed by atoms with E-state index in [2.05, 4.69) is 143 Å². The molecule has 0 atom stereocenters. The molecule has 0 aliphatic rings. The number of nitrogens with one attached hydrogen (secondary N) is 1. The largest absolute Gasteiger partial charge is 0.337 e. The molecule has 0 bridgehead atoms. The lowest BCUT2D eigenvalue weighted by atomic mass is 9.91. The number of hydrogen-bond donors (Lipinski definition) is 1. The minimum absolute atomic E-state index is 0.870. The van der Waals surface area contributed by atoms with Crippen molar-refractivity contribution in [3.8, 4) is 11.4 Å². The van der Waals surface area contributed by atoms with Crippen LogP contribution in [0.1, 0.15) is 0 Å². The lowest BCUT2D eigenvalue weighted by Crippen LogP contribution is -2.09. The van der Waals surface area contributed by atoms with Crippen molar-refractivity contribution in [2.24, 2.45) is 0 Å². The van der Waals surface area contributed by atoms with E-state index in [9.17, 15) is 0 Å². The first-order valence-electron chi connectivity index (χ1n) is 12.7. The smallest absolute Gasteiger partial charge is 0.139 e. The van der Waals surface area contributed by atoms with Crippen molar-refractivity contribution < 1.29 is 0 Å². The normalized spacial score (nSPS) is 11.4. The molecule has 3 nitrogen and oxygen atoms in total. The maximum atomic E-state index is 5.12. The van der Waals surface area contributed by atoms with Crippen LogP contribution in [0.15, 0.2) is 126 Å². The predicted octanol–water partition coefficient (Wildman–Crippen LogP) is 8.03. The van der Waals surface area contributed by atoms with Crippen LogP contribution in [0.4, 0.5) is 17.1 Å². The highest BCUT2D eigenvalue weighted by Gasteiger charge is 2.16. The van der Waals surface area contributed by atoms with Gasteiger partial charge in [0.2, 0.25) is 0 Å². The molecular weight excluding hydrogens is 529 g/mol. The zero-order chi connectivity index (χ0) is 25.6. The molecule has 5 heteroatoms. The Balaban J connectivity index is 1.37. The summed E-state index contributed by atoms with van der Waals surface area (Å²) in [7, 11) is 2.14. The number of aromatic amines is 1. The molecule has 7 rings (SSSR count). The van der Waals surface area contributed by atoms with Gasteiger partial charge in [0.05, 0.1) is 11.0 Å². The lowest BCUT2D eigenvalue weighted by Gasteiger charge is -2.25.